The van der Waals surface area contributed by atoms with Crippen molar-refractivity contribution in [2.45, 2.75) is 31.7 Å². The molecule has 28 heavy (non-hydrogen) atoms. The molecule has 8 nitrogen and oxygen atoms in total. The summed E-state index contributed by atoms with van der Waals surface area (Å²) in [4.78, 5) is 12.5. The molecule has 150 valence electrons. The van der Waals surface area contributed by atoms with Crippen molar-refractivity contribution in [2.24, 2.45) is 0 Å². The monoisotopic (exact) mass is 405 g/mol. The minimum Gasteiger partial charge on any atom is -0.493 e. The summed E-state index contributed by atoms with van der Waals surface area (Å²) >= 11 is 0. The zero-order valence-corrected chi connectivity index (χ0v) is 16.9. The van der Waals surface area contributed by atoms with Crippen LogP contribution in [-0.2, 0) is 14.6 Å². The highest BCUT2D eigenvalue weighted by atomic mass is 32.2. The molecule has 1 N–H and O–H groups in total. The van der Waals surface area contributed by atoms with E-state index in [0.29, 0.717) is 23.7 Å². The molecule has 1 aromatic heterocycles. The number of ether oxygens (including phenoxy) is 2. The van der Waals surface area contributed by atoms with Gasteiger partial charge in [-0.25, -0.2) is 13.1 Å². The van der Waals surface area contributed by atoms with Crippen molar-refractivity contribution in [2.75, 3.05) is 31.0 Å². The Morgan fingerprint density at radius 3 is 2.61 bits per heavy atom. The van der Waals surface area contributed by atoms with Gasteiger partial charge in [0, 0.05) is 17.9 Å². The molecule has 2 aliphatic heterocycles. The van der Waals surface area contributed by atoms with Crippen LogP contribution >= 0.6 is 0 Å². The van der Waals surface area contributed by atoms with Crippen LogP contribution < -0.4 is 14.8 Å². The van der Waals surface area contributed by atoms with E-state index in [1.165, 1.54) is 0 Å². The van der Waals surface area contributed by atoms with E-state index in [4.69, 9.17) is 9.47 Å². The molecule has 0 bridgehead atoms. The summed E-state index contributed by atoms with van der Waals surface area (Å²) in [6.07, 6.45) is 0.796. The lowest BCUT2D eigenvalue weighted by molar-refractivity contribution is -0.116. The van der Waals surface area contributed by atoms with Crippen LogP contribution in [-0.4, -0.2) is 49.8 Å². The molecule has 1 fully saturated rings. The van der Waals surface area contributed by atoms with Gasteiger partial charge in [-0.05, 0) is 31.0 Å². The fourth-order valence-electron chi connectivity index (χ4n) is 4.16. The zero-order chi connectivity index (χ0) is 20.1. The molecule has 3 heterocycles. The van der Waals surface area contributed by atoms with Crippen LogP contribution in [0.15, 0.2) is 18.2 Å². The summed E-state index contributed by atoms with van der Waals surface area (Å²) < 4.78 is 36.2. The second-order valence-corrected chi connectivity index (χ2v) is 9.50. The van der Waals surface area contributed by atoms with Crippen LogP contribution in [0.5, 0.6) is 11.5 Å². The SMILES string of the molecule is COc1ccc([C@H]2CC(=O)Nc3c2c(C)nn3[C@@H]2CCS(=O)(=O)C2)cc1OC. The lowest BCUT2D eigenvalue weighted by Gasteiger charge is -2.26. The first kappa shape index (κ1) is 18.8. The lowest BCUT2D eigenvalue weighted by atomic mass is 9.85. The molecule has 9 heteroatoms. The van der Waals surface area contributed by atoms with Gasteiger partial charge in [0.25, 0.3) is 0 Å². The van der Waals surface area contributed by atoms with E-state index in [1.54, 1.807) is 18.9 Å². The molecule has 1 saturated heterocycles. The van der Waals surface area contributed by atoms with Gasteiger partial charge in [-0.1, -0.05) is 6.07 Å². The Morgan fingerprint density at radius 2 is 1.96 bits per heavy atom. The Morgan fingerprint density at radius 1 is 1.21 bits per heavy atom. The molecule has 2 atom stereocenters. The first-order valence-electron chi connectivity index (χ1n) is 9.14. The van der Waals surface area contributed by atoms with Gasteiger partial charge in [-0.15, -0.1) is 0 Å². The minimum absolute atomic E-state index is 0.0530. The predicted molar refractivity (Wildman–Crippen MR) is 104 cm³/mol. The Labute approximate surface area is 163 Å². The van der Waals surface area contributed by atoms with E-state index < -0.39 is 9.84 Å². The van der Waals surface area contributed by atoms with Crippen molar-refractivity contribution in [3.05, 3.63) is 35.0 Å². The Kier molecular flexibility index (Phi) is 4.57. The van der Waals surface area contributed by atoms with Crippen LogP contribution in [0.2, 0.25) is 0 Å². The zero-order valence-electron chi connectivity index (χ0n) is 16.1. The summed E-state index contributed by atoms with van der Waals surface area (Å²) in [5, 5.41) is 7.52. The molecular weight excluding hydrogens is 382 g/mol. The quantitative estimate of drug-likeness (QED) is 0.836. The van der Waals surface area contributed by atoms with Gasteiger partial charge in [-0.3, -0.25) is 4.79 Å². The number of sulfone groups is 1. The van der Waals surface area contributed by atoms with Gasteiger partial charge < -0.3 is 14.8 Å². The largest absolute Gasteiger partial charge is 0.493 e. The predicted octanol–water partition coefficient (Wildman–Crippen LogP) is 2.04. The lowest BCUT2D eigenvalue weighted by Crippen LogP contribution is -2.26. The second-order valence-electron chi connectivity index (χ2n) is 7.27. The van der Waals surface area contributed by atoms with E-state index in [9.17, 15) is 13.2 Å². The molecular formula is C19H23N3O5S. The topological polar surface area (TPSA) is 99.5 Å². The number of anilines is 1. The maximum absolute atomic E-state index is 12.5. The number of aryl methyl sites for hydroxylation is 1. The average Bonchev–Trinajstić information content (AvgIpc) is 3.19. The third-order valence-corrected chi connectivity index (χ3v) is 7.24. The number of hydrogen-bond donors (Lipinski definition) is 1. The highest BCUT2D eigenvalue weighted by molar-refractivity contribution is 7.91. The number of amides is 1. The highest BCUT2D eigenvalue weighted by Crippen LogP contribution is 2.43. The summed E-state index contributed by atoms with van der Waals surface area (Å²) in [7, 11) is 0.0900. The van der Waals surface area contributed by atoms with Crippen LogP contribution in [0, 0.1) is 6.92 Å². The summed E-state index contributed by atoms with van der Waals surface area (Å²) in [6, 6.07) is 5.37. The fraction of sp³-hybridized carbons (Fsp3) is 0.474. The maximum atomic E-state index is 12.5. The highest BCUT2D eigenvalue weighted by Gasteiger charge is 2.37. The molecule has 1 amide bonds. The van der Waals surface area contributed by atoms with Crippen molar-refractivity contribution in [3.8, 4) is 11.5 Å². The average molecular weight is 405 g/mol. The van der Waals surface area contributed by atoms with Crippen LogP contribution in [0.3, 0.4) is 0 Å². The first-order chi connectivity index (χ1) is 13.3. The number of aromatic nitrogens is 2. The van der Waals surface area contributed by atoms with Crippen molar-refractivity contribution >= 4 is 21.6 Å². The van der Waals surface area contributed by atoms with Gasteiger partial charge >= 0.3 is 0 Å². The standard InChI is InChI=1S/C19H23N3O5S/c1-11-18-14(12-4-5-15(26-2)16(8-12)27-3)9-17(23)20-19(18)22(21-11)13-6-7-28(24,25)10-13/h4-5,8,13-14H,6-7,9-10H2,1-3H3,(H,20,23)/t13-,14-/m1/s1. The molecule has 0 spiro atoms. The molecule has 2 aliphatic rings. The summed E-state index contributed by atoms with van der Waals surface area (Å²) in [5.41, 5.74) is 2.64. The van der Waals surface area contributed by atoms with E-state index in [1.807, 2.05) is 25.1 Å². The first-order valence-corrected chi connectivity index (χ1v) is 11.0. The third kappa shape index (κ3) is 3.13. The number of nitrogens with one attached hydrogen (secondary N) is 1. The molecule has 0 radical (unpaired) electrons. The van der Waals surface area contributed by atoms with E-state index in [2.05, 4.69) is 10.4 Å². The number of fused-ring (bicyclic) bond motifs is 1. The second kappa shape index (κ2) is 6.80. The van der Waals surface area contributed by atoms with E-state index in [-0.39, 0.29) is 35.8 Å². The van der Waals surface area contributed by atoms with Gasteiger partial charge in [0.2, 0.25) is 5.91 Å². The molecule has 4 rings (SSSR count). The number of carbonyl (C=O) groups is 1. The molecule has 1 aromatic carbocycles. The number of nitrogens with zero attached hydrogens (tertiary/aromatic N) is 2. The minimum atomic E-state index is -3.06. The van der Waals surface area contributed by atoms with Gasteiger partial charge in [0.1, 0.15) is 5.82 Å². The van der Waals surface area contributed by atoms with Gasteiger partial charge in [0.15, 0.2) is 21.3 Å². The van der Waals surface area contributed by atoms with E-state index >= 15 is 0 Å². The van der Waals surface area contributed by atoms with Crippen molar-refractivity contribution < 1.29 is 22.7 Å². The Bertz CT molecular complexity index is 1040. The normalized spacial score (nSPS) is 23.2. The maximum Gasteiger partial charge on any atom is 0.226 e. The number of hydrogen-bond acceptors (Lipinski definition) is 6. The van der Waals surface area contributed by atoms with Gasteiger partial charge in [-0.2, -0.15) is 5.10 Å². The van der Waals surface area contributed by atoms with Crippen molar-refractivity contribution in [3.63, 3.8) is 0 Å². The number of methoxy groups -OCH3 is 2. The molecule has 0 saturated carbocycles. The fourth-order valence-corrected chi connectivity index (χ4v) is 5.85. The van der Waals surface area contributed by atoms with Gasteiger partial charge in [0.05, 0.1) is 37.5 Å². The number of carbonyl (C=O) groups excluding carboxylic acids is 1. The van der Waals surface area contributed by atoms with Crippen LogP contribution in [0.25, 0.3) is 0 Å². The van der Waals surface area contributed by atoms with Crippen LogP contribution in [0.1, 0.15) is 41.6 Å². The summed E-state index contributed by atoms with van der Waals surface area (Å²) in [6.45, 7) is 1.89. The Balaban J connectivity index is 1.79. The Hall–Kier alpha value is -2.55. The van der Waals surface area contributed by atoms with Crippen LogP contribution in [0.4, 0.5) is 5.82 Å². The summed E-state index contributed by atoms with van der Waals surface area (Å²) in [5.74, 6) is 1.73. The molecule has 0 unspecified atom stereocenters. The van der Waals surface area contributed by atoms with E-state index in [0.717, 1.165) is 16.8 Å². The number of benzene rings is 1. The number of rotatable bonds is 4. The van der Waals surface area contributed by atoms with Crippen molar-refractivity contribution in [1.82, 2.24) is 9.78 Å². The third-order valence-electron chi connectivity index (χ3n) is 5.49. The van der Waals surface area contributed by atoms with Crippen molar-refractivity contribution in [1.29, 1.82) is 0 Å². The molecule has 2 aromatic rings. The smallest absolute Gasteiger partial charge is 0.226 e. The molecule has 0 aliphatic carbocycles.